The molecule has 6 heteroatoms. The summed E-state index contributed by atoms with van der Waals surface area (Å²) >= 11 is 1.23. The predicted molar refractivity (Wildman–Crippen MR) is 76.0 cm³/mol. The maximum absolute atomic E-state index is 10.7. The Labute approximate surface area is 121 Å². The van der Waals surface area contributed by atoms with E-state index in [0.717, 1.165) is 12.2 Å². The third-order valence-electron chi connectivity index (χ3n) is 3.48. The number of aliphatic carboxylic acids is 1. The fraction of sp³-hybridized carbons (Fsp3) is 0.357. The Morgan fingerprint density at radius 2 is 2.15 bits per heavy atom. The van der Waals surface area contributed by atoms with E-state index >= 15 is 0 Å². The molecule has 2 atom stereocenters. The highest BCUT2D eigenvalue weighted by molar-refractivity contribution is 7.99. The zero-order chi connectivity index (χ0) is 14.1. The van der Waals surface area contributed by atoms with Crippen LogP contribution in [0.3, 0.4) is 0 Å². The van der Waals surface area contributed by atoms with Gasteiger partial charge >= 0.3 is 5.97 Å². The Kier molecular flexibility index (Phi) is 3.48. The molecular formula is C14H15N3O2S. The SMILES string of the molecule is Cc1nnc(SCC(=O)O)n1C1CC1c1ccccc1. The van der Waals surface area contributed by atoms with Crippen molar-refractivity contribution < 1.29 is 9.90 Å². The van der Waals surface area contributed by atoms with Crippen molar-refractivity contribution in [3.8, 4) is 0 Å². The molecule has 20 heavy (non-hydrogen) atoms. The van der Waals surface area contributed by atoms with Crippen LogP contribution in [0, 0.1) is 6.92 Å². The molecule has 1 saturated carbocycles. The van der Waals surface area contributed by atoms with Crippen molar-refractivity contribution in [3.63, 3.8) is 0 Å². The number of carboxylic acid groups (broad SMARTS) is 1. The molecule has 0 spiro atoms. The largest absolute Gasteiger partial charge is 0.481 e. The van der Waals surface area contributed by atoms with E-state index in [2.05, 4.69) is 26.9 Å². The first-order valence-electron chi connectivity index (χ1n) is 6.48. The number of aromatic nitrogens is 3. The van der Waals surface area contributed by atoms with Gasteiger partial charge in [-0.15, -0.1) is 10.2 Å². The molecule has 2 unspecified atom stereocenters. The van der Waals surface area contributed by atoms with Gasteiger partial charge in [0.1, 0.15) is 5.82 Å². The van der Waals surface area contributed by atoms with Crippen molar-refractivity contribution >= 4 is 17.7 Å². The maximum atomic E-state index is 10.7. The van der Waals surface area contributed by atoms with Crippen molar-refractivity contribution in [1.82, 2.24) is 14.8 Å². The highest BCUT2D eigenvalue weighted by atomic mass is 32.2. The summed E-state index contributed by atoms with van der Waals surface area (Å²) in [5.74, 6) is 0.509. The normalized spacial score (nSPS) is 20.9. The zero-order valence-corrected chi connectivity index (χ0v) is 11.9. The Morgan fingerprint density at radius 3 is 2.85 bits per heavy atom. The molecule has 1 aliphatic rings. The van der Waals surface area contributed by atoms with Gasteiger partial charge < -0.3 is 9.67 Å². The average molecular weight is 289 g/mol. The number of thioether (sulfide) groups is 1. The Bertz CT molecular complexity index is 627. The molecule has 0 radical (unpaired) electrons. The Morgan fingerprint density at radius 1 is 1.40 bits per heavy atom. The van der Waals surface area contributed by atoms with Crippen molar-refractivity contribution in [2.45, 2.75) is 30.5 Å². The van der Waals surface area contributed by atoms with E-state index in [1.165, 1.54) is 17.3 Å². The van der Waals surface area contributed by atoms with E-state index < -0.39 is 5.97 Å². The molecule has 1 aromatic heterocycles. The number of hydrogen-bond acceptors (Lipinski definition) is 4. The van der Waals surface area contributed by atoms with Crippen LogP contribution in [0.2, 0.25) is 0 Å². The Hall–Kier alpha value is -1.82. The molecular weight excluding hydrogens is 274 g/mol. The van der Waals surface area contributed by atoms with Gasteiger partial charge in [0.05, 0.1) is 5.75 Å². The van der Waals surface area contributed by atoms with Crippen LogP contribution in [0.4, 0.5) is 0 Å². The molecule has 2 aromatic rings. The van der Waals surface area contributed by atoms with Gasteiger partial charge in [-0.3, -0.25) is 4.79 Å². The second-order valence-corrected chi connectivity index (χ2v) is 5.84. The van der Waals surface area contributed by atoms with E-state index in [4.69, 9.17) is 5.11 Å². The first kappa shape index (κ1) is 13.2. The summed E-state index contributed by atoms with van der Waals surface area (Å²) in [6.45, 7) is 1.91. The number of benzene rings is 1. The van der Waals surface area contributed by atoms with Gasteiger partial charge in [0.15, 0.2) is 5.16 Å². The zero-order valence-electron chi connectivity index (χ0n) is 11.1. The summed E-state index contributed by atoms with van der Waals surface area (Å²) in [4.78, 5) is 10.7. The summed E-state index contributed by atoms with van der Waals surface area (Å²) in [5.41, 5.74) is 1.32. The lowest BCUT2D eigenvalue weighted by molar-refractivity contribution is -0.133. The highest BCUT2D eigenvalue weighted by Crippen LogP contribution is 2.52. The van der Waals surface area contributed by atoms with Crippen LogP contribution < -0.4 is 0 Å². The van der Waals surface area contributed by atoms with Crippen LogP contribution in [-0.2, 0) is 4.79 Å². The molecule has 104 valence electrons. The van der Waals surface area contributed by atoms with Crippen LogP contribution in [0.25, 0.3) is 0 Å². The smallest absolute Gasteiger partial charge is 0.313 e. The summed E-state index contributed by atoms with van der Waals surface area (Å²) in [7, 11) is 0. The Balaban J connectivity index is 1.78. The molecule has 1 heterocycles. The summed E-state index contributed by atoms with van der Waals surface area (Å²) < 4.78 is 2.07. The molecule has 3 rings (SSSR count). The second kappa shape index (κ2) is 5.28. The van der Waals surface area contributed by atoms with Crippen molar-refractivity contribution in [2.75, 3.05) is 5.75 Å². The van der Waals surface area contributed by atoms with Crippen LogP contribution in [0.15, 0.2) is 35.5 Å². The van der Waals surface area contributed by atoms with Crippen molar-refractivity contribution in [3.05, 3.63) is 41.7 Å². The molecule has 0 amide bonds. The monoisotopic (exact) mass is 289 g/mol. The average Bonchev–Trinajstić information content (AvgIpc) is 3.14. The number of nitrogens with zero attached hydrogens (tertiary/aromatic N) is 3. The van der Waals surface area contributed by atoms with Gasteiger partial charge in [-0.2, -0.15) is 0 Å². The van der Waals surface area contributed by atoms with Crippen LogP contribution in [0.5, 0.6) is 0 Å². The first-order chi connectivity index (χ1) is 9.66. The summed E-state index contributed by atoms with van der Waals surface area (Å²) in [6.07, 6.45) is 1.06. The van der Waals surface area contributed by atoms with E-state index in [1.807, 2.05) is 25.1 Å². The summed E-state index contributed by atoms with van der Waals surface area (Å²) in [5, 5.41) is 17.7. The van der Waals surface area contributed by atoms with E-state index in [0.29, 0.717) is 17.1 Å². The fourth-order valence-corrected chi connectivity index (χ4v) is 3.24. The molecule has 0 aliphatic heterocycles. The number of aryl methyl sites for hydroxylation is 1. The number of carbonyl (C=O) groups is 1. The lowest BCUT2D eigenvalue weighted by atomic mass is 10.1. The standard InChI is InChI=1S/C14H15N3O2S/c1-9-15-16-14(20-8-13(18)19)17(9)12-7-11(12)10-5-3-2-4-6-10/h2-6,11-12H,7-8H2,1H3,(H,18,19). The minimum Gasteiger partial charge on any atom is -0.481 e. The van der Waals surface area contributed by atoms with Crippen LogP contribution in [-0.4, -0.2) is 31.6 Å². The van der Waals surface area contributed by atoms with E-state index in [-0.39, 0.29) is 5.75 Å². The quantitative estimate of drug-likeness (QED) is 0.856. The maximum Gasteiger partial charge on any atom is 0.313 e. The number of carboxylic acids is 1. The first-order valence-corrected chi connectivity index (χ1v) is 7.46. The predicted octanol–water partition coefficient (Wildman–Crippen LogP) is 2.49. The highest BCUT2D eigenvalue weighted by Gasteiger charge is 2.42. The minimum absolute atomic E-state index is 0.0147. The van der Waals surface area contributed by atoms with Gasteiger partial charge in [-0.1, -0.05) is 42.1 Å². The fourth-order valence-electron chi connectivity index (χ4n) is 2.48. The number of rotatable bonds is 5. The van der Waals surface area contributed by atoms with E-state index in [9.17, 15) is 4.79 Å². The van der Waals surface area contributed by atoms with E-state index in [1.54, 1.807) is 0 Å². The topological polar surface area (TPSA) is 68.0 Å². The summed E-state index contributed by atoms with van der Waals surface area (Å²) in [6, 6.07) is 10.7. The minimum atomic E-state index is -0.836. The molecule has 1 fully saturated rings. The van der Waals surface area contributed by atoms with Gasteiger partial charge in [0.2, 0.25) is 0 Å². The van der Waals surface area contributed by atoms with Gasteiger partial charge in [-0.25, -0.2) is 0 Å². The molecule has 0 saturated heterocycles. The van der Waals surface area contributed by atoms with Crippen LogP contribution >= 0.6 is 11.8 Å². The van der Waals surface area contributed by atoms with Gasteiger partial charge in [0, 0.05) is 12.0 Å². The molecule has 1 aromatic carbocycles. The lowest BCUT2D eigenvalue weighted by Gasteiger charge is -2.07. The number of hydrogen-bond donors (Lipinski definition) is 1. The third-order valence-corrected chi connectivity index (χ3v) is 4.40. The molecule has 0 bridgehead atoms. The van der Waals surface area contributed by atoms with Crippen LogP contribution in [0.1, 0.15) is 29.8 Å². The van der Waals surface area contributed by atoms with Crippen molar-refractivity contribution in [2.24, 2.45) is 0 Å². The lowest BCUT2D eigenvalue weighted by Crippen LogP contribution is -2.04. The molecule has 1 aliphatic carbocycles. The molecule has 1 N–H and O–H groups in total. The van der Waals surface area contributed by atoms with Gasteiger partial charge in [-0.05, 0) is 18.9 Å². The van der Waals surface area contributed by atoms with Gasteiger partial charge in [0.25, 0.3) is 0 Å². The second-order valence-electron chi connectivity index (χ2n) is 4.90. The van der Waals surface area contributed by atoms with Crippen molar-refractivity contribution in [1.29, 1.82) is 0 Å². The third kappa shape index (κ3) is 2.56. The molecule has 5 nitrogen and oxygen atoms in total.